The molecule has 2 atom stereocenters. The van der Waals surface area contributed by atoms with E-state index in [1.807, 2.05) is 13.8 Å². The zero-order valence-corrected chi connectivity index (χ0v) is 13.0. The highest BCUT2D eigenvalue weighted by Crippen LogP contribution is 2.26. The van der Waals surface area contributed by atoms with Gasteiger partial charge in [0.1, 0.15) is 5.02 Å². The van der Waals surface area contributed by atoms with E-state index in [9.17, 15) is 4.79 Å². The number of hydrogen-bond acceptors (Lipinski definition) is 4. The number of rotatable bonds is 5. The second kappa shape index (κ2) is 6.59. The summed E-state index contributed by atoms with van der Waals surface area (Å²) in [7, 11) is 1.71. The highest BCUT2D eigenvalue weighted by atomic mass is 35.5. The van der Waals surface area contributed by atoms with Gasteiger partial charge in [0, 0.05) is 13.7 Å². The Morgan fingerprint density at radius 2 is 2.30 bits per heavy atom. The summed E-state index contributed by atoms with van der Waals surface area (Å²) in [6, 6.07) is 0.194. The van der Waals surface area contributed by atoms with Gasteiger partial charge in [0.25, 0.3) is 5.56 Å². The lowest BCUT2D eigenvalue weighted by molar-refractivity contribution is 0.101. The Hall–Kier alpha value is -1.07. The van der Waals surface area contributed by atoms with Gasteiger partial charge in [-0.3, -0.25) is 4.79 Å². The summed E-state index contributed by atoms with van der Waals surface area (Å²) in [5.74, 6) is 0.350. The summed E-state index contributed by atoms with van der Waals surface area (Å²) < 4.78 is 6.85. The lowest BCUT2D eigenvalue weighted by Gasteiger charge is -2.21. The third kappa shape index (κ3) is 3.33. The summed E-state index contributed by atoms with van der Waals surface area (Å²) >= 11 is 6.17. The maximum Gasteiger partial charge on any atom is 0.287 e. The molecule has 1 N–H and O–H groups in total. The van der Waals surface area contributed by atoms with Gasteiger partial charge in [-0.25, -0.2) is 4.68 Å². The fraction of sp³-hybridized carbons (Fsp3) is 0.714. The molecular formula is C14H22ClN3O2. The van der Waals surface area contributed by atoms with Gasteiger partial charge in [-0.2, -0.15) is 5.10 Å². The standard InChI is InChI=1S/C14H22ClN3O2/c1-9(2)8-18-14(19)13(15)11(7-16-18)17-10-5-4-6-12(10)20-3/h7,9-10,12,17H,4-6,8H2,1-3H3. The predicted molar refractivity (Wildman–Crippen MR) is 80.4 cm³/mol. The maximum atomic E-state index is 12.1. The van der Waals surface area contributed by atoms with Crippen LogP contribution in [0.25, 0.3) is 0 Å². The zero-order chi connectivity index (χ0) is 14.7. The summed E-state index contributed by atoms with van der Waals surface area (Å²) in [5, 5.41) is 7.70. The Morgan fingerprint density at radius 1 is 1.55 bits per heavy atom. The second-order valence-electron chi connectivity index (χ2n) is 5.71. The summed E-state index contributed by atoms with van der Waals surface area (Å²) in [5.41, 5.74) is 0.364. The van der Waals surface area contributed by atoms with Crippen LogP contribution in [0, 0.1) is 5.92 Å². The van der Waals surface area contributed by atoms with Gasteiger partial charge in [-0.15, -0.1) is 0 Å². The van der Waals surface area contributed by atoms with E-state index in [2.05, 4.69) is 10.4 Å². The molecule has 0 aromatic carbocycles. The third-order valence-corrected chi connectivity index (χ3v) is 3.98. The predicted octanol–water partition coefficient (Wildman–Crippen LogP) is 2.53. The fourth-order valence-electron chi connectivity index (χ4n) is 2.61. The molecule has 1 aliphatic carbocycles. The molecule has 1 aromatic rings. The molecule has 0 spiro atoms. The molecule has 5 nitrogen and oxygen atoms in total. The van der Waals surface area contributed by atoms with Crippen LogP contribution in [-0.4, -0.2) is 29.0 Å². The first-order valence-electron chi connectivity index (χ1n) is 7.08. The van der Waals surface area contributed by atoms with Gasteiger partial charge >= 0.3 is 0 Å². The van der Waals surface area contributed by atoms with Crippen LogP contribution in [0.15, 0.2) is 11.0 Å². The van der Waals surface area contributed by atoms with Crippen LogP contribution in [-0.2, 0) is 11.3 Å². The second-order valence-corrected chi connectivity index (χ2v) is 6.09. The van der Waals surface area contributed by atoms with Crippen molar-refractivity contribution in [2.45, 2.75) is 51.8 Å². The first-order chi connectivity index (χ1) is 9.52. The van der Waals surface area contributed by atoms with Crippen molar-refractivity contribution in [2.75, 3.05) is 12.4 Å². The van der Waals surface area contributed by atoms with Crippen molar-refractivity contribution >= 4 is 17.3 Å². The molecule has 2 rings (SSSR count). The molecule has 0 saturated heterocycles. The molecule has 0 bridgehead atoms. The molecular weight excluding hydrogens is 278 g/mol. The first-order valence-corrected chi connectivity index (χ1v) is 7.45. The van der Waals surface area contributed by atoms with E-state index in [0.29, 0.717) is 18.2 Å². The average Bonchev–Trinajstić information content (AvgIpc) is 2.85. The molecule has 1 aromatic heterocycles. The first kappa shape index (κ1) is 15.3. The minimum absolute atomic E-state index is 0.171. The largest absolute Gasteiger partial charge is 0.379 e. The summed E-state index contributed by atoms with van der Waals surface area (Å²) in [6.07, 6.45) is 4.97. The van der Waals surface area contributed by atoms with Crippen LogP contribution < -0.4 is 10.9 Å². The number of methoxy groups -OCH3 is 1. The Bertz CT molecular complexity index is 516. The van der Waals surface area contributed by atoms with Gasteiger partial charge in [-0.1, -0.05) is 25.4 Å². The van der Waals surface area contributed by atoms with Gasteiger partial charge in [0.05, 0.1) is 24.0 Å². The minimum atomic E-state index is -0.239. The van der Waals surface area contributed by atoms with Crippen molar-refractivity contribution in [3.05, 3.63) is 21.6 Å². The SMILES string of the molecule is COC1CCCC1Nc1cnn(CC(C)C)c(=O)c1Cl. The van der Waals surface area contributed by atoms with E-state index >= 15 is 0 Å². The van der Waals surface area contributed by atoms with Crippen LogP contribution in [0.4, 0.5) is 5.69 Å². The fourth-order valence-corrected chi connectivity index (χ4v) is 2.82. The molecule has 2 unspecified atom stereocenters. The van der Waals surface area contributed by atoms with Crippen molar-refractivity contribution in [1.82, 2.24) is 9.78 Å². The quantitative estimate of drug-likeness (QED) is 0.908. The Kier molecular flexibility index (Phi) is 5.05. The molecule has 0 amide bonds. The van der Waals surface area contributed by atoms with E-state index in [1.165, 1.54) is 4.68 Å². The molecule has 0 aliphatic heterocycles. The molecule has 1 heterocycles. The highest BCUT2D eigenvalue weighted by Gasteiger charge is 2.27. The third-order valence-electron chi connectivity index (χ3n) is 3.62. The van der Waals surface area contributed by atoms with Crippen LogP contribution in [0.5, 0.6) is 0 Å². The van der Waals surface area contributed by atoms with E-state index < -0.39 is 0 Å². The summed E-state index contributed by atoms with van der Waals surface area (Å²) in [6.45, 7) is 4.65. The van der Waals surface area contributed by atoms with Crippen LogP contribution >= 0.6 is 11.6 Å². The van der Waals surface area contributed by atoms with Crippen molar-refractivity contribution in [2.24, 2.45) is 5.92 Å². The Labute approximate surface area is 124 Å². The smallest absolute Gasteiger partial charge is 0.287 e. The summed E-state index contributed by atoms with van der Waals surface area (Å²) in [4.78, 5) is 12.1. The van der Waals surface area contributed by atoms with E-state index in [4.69, 9.17) is 16.3 Å². The van der Waals surface area contributed by atoms with Gasteiger partial charge in [-0.05, 0) is 25.2 Å². The zero-order valence-electron chi connectivity index (χ0n) is 12.2. The molecule has 1 fully saturated rings. The van der Waals surface area contributed by atoms with E-state index in [0.717, 1.165) is 19.3 Å². The lowest BCUT2D eigenvalue weighted by Crippen LogP contribution is -2.32. The number of halogens is 1. The average molecular weight is 300 g/mol. The molecule has 112 valence electrons. The Morgan fingerprint density at radius 3 is 2.95 bits per heavy atom. The number of ether oxygens (including phenoxy) is 1. The van der Waals surface area contributed by atoms with Crippen molar-refractivity contribution in [3.8, 4) is 0 Å². The van der Waals surface area contributed by atoms with E-state index in [-0.39, 0.29) is 22.7 Å². The van der Waals surface area contributed by atoms with Gasteiger partial charge in [0.15, 0.2) is 0 Å². The molecule has 6 heteroatoms. The van der Waals surface area contributed by atoms with Crippen LogP contribution in [0.1, 0.15) is 33.1 Å². The van der Waals surface area contributed by atoms with Crippen molar-refractivity contribution in [1.29, 1.82) is 0 Å². The maximum absolute atomic E-state index is 12.1. The number of anilines is 1. The normalized spacial score (nSPS) is 22.4. The van der Waals surface area contributed by atoms with Crippen LogP contribution in [0.2, 0.25) is 5.02 Å². The molecule has 1 saturated carbocycles. The number of hydrogen-bond donors (Lipinski definition) is 1. The van der Waals surface area contributed by atoms with Gasteiger partial charge in [0.2, 0.25) is 0 Å². The number of nitrogens with zero attached hydrogens (tertiary/aromatic N) is 2. The molecule has 20 heavy (non-hydrogen) atoms. The monoisotopic (exact) mass is 299 g/mol. The van der Waals surface area contributed by atoms with E-state index in [1.54, 1.807) is 13.3 Å². The number of nitrogens with one attached hydrogen (secondary N) is 1. The molecule has 1 aliphatic rings. The molecule has 0 radical (unpaired) electrons. The van der Waals surface area contributed by atoms with Gasteiger partial charge < -0.3 is 10.1 Å². The minimum Gasteiger partial charge on any atom is -0.379 e. The van der Waals surface area contributed by atoms with Crippen molar-refractivity contribution < 1.29 is 4.74 Å². The highest BCUT2D eigenvalue weighted by molar-refractivity contribution is 6.32. The topological polar surface area (TPSA) is 56.1 Å². The number of aromatic nitrogens is 2. The van der Waals surface area contributed by atoms with Crippen LogP contribution in [0.3, 0.4) is 0 Å². The Balaban J connectivity index is 2.17. The lowest BCUT2D eigenvalue weighted by atomic mass is 10.2. The van der Waals surface area contributed by atoms with Crippen molar-refractivity contribution in [3.63, 3.8) is 0 Å².